The molecule has 1 spiro atoms. The summed E-state index contributed by atoms with van der Waals surface area (Å²) in [5, 5.41) is 9.32. The molecule has 2 N–H and O–H groups in total. The standard InChI is InChI=1S/C27H17F2N5O2/c28-23-12-18(6-8-32-23)21-13-20-24(25(29)33-21)36-22-5-4-17(16-3-1-2-15(10-16)14-30)11-19(22)27(20)7-9-35-26(31)34-27/h1-6,8,10-13H,7,9H2,(H2,31,34)/t27-/m1/s1. The second-order valence-electron chi connectivity index (χ2n) is 8.46. The minimum absolute atomic E-state index is 0.0364. The van der Waals surface area contributed by atoms with Gasteiger partial charge in [0.15, 0.2) is 5.75 Å². The molecule has 4 heterocycles. The maximum absolute atomic E-state index is 15.4. The number of aromatic nitrogens is 2. The van der Waals surface area contributed by atoms with Crippen molar-refractivity contribution in [2.24, 2.45) is 10.7 Å². The molecule has 2 aromatic heterocycles. The van der Waals surface area contributed by atoms with Gasteiger partial charge in [0.05, 0.1) is 23.9 Å². The van der Waals surface area contributed by atoms with Gasteiger partial charge < -0.3 is 15.2 Å². The number of aliphatic imine (C=N–C) groups is 1. The lowest BCUT2D eigenvalue weighted by atomic mass is 9.77. The number of pyridine rings is 2. The Kier molecular flexibility index (Phi) is 4.90. The Morgan fingerprint density at radius 3 is 2.64 bits per heavy atom. The van der Waals surface area contributed by atoms with Crippen molar-refractivity contribution in [1.82, 2.24) is 9.97 Å². The Hall–Kier alpha value is -4.84. The van der Waals surface area contributed by atoms with Crippen LogP contribution in [0.25, 0.3) is 22.4 Å². The molecule has 2 aliphatic heterocycles. The predicted octanol–water partition coefficient (Wildman–Crippen LogP) is 5.04. The van der Waals surface area contributed by atoms with Crippen molar-refractivity contribution in [3.63, 3.8) is 0 Å². The van der Waals surface area contributed by atoms with Crippen molar-refractivity contribution in [1.29, 1.82) is 5.26 Å². The smallest absolute Gasteiger partial charge is 0.283 e. The molecule has 2 aliphatic rings. The first-order valence-corrected chi connectivity index (χ1v) is 11.1. The van der Waals surface area contributed by atoms with Gasteiger partial charge in [-0.2, -0.15) is 14.0 Å². The molecule has 176 valence electrons. The molecule has 4 aromatic rings. The molecule has 0 radical (unpaired) electrons. The van der Waals surface area contributed by atoms with Crippen LogP contribution >= 0.6 is 0 Å². The van der Waals surface area contributed by atoms with Crippen molar-refractivity contribution < 1.29 is 18.3 Å². The van der Waals surface area contributed by atoms with Gasteiger partial charge in [0.25, 0.3) is 12.0 Å². The molecule has 0 unspecified atom stereocenters. The van der Waals surface area contributed by atoms with Gasteiger partial charge in [0.2, 0.25) is 5.95 Å². The summed E-state index contributed by atoms with van der Waals surface area (Å²) in [6.45, 7) is 0.242. The third kappa shape index (κ3) is 3.43. The van der Waals surface area contributed by atoms with Crippen LogP contribution in [0.5, 0.6) is 11.5 Å². The van der Waals surface area contributed by atoms with E-state index in [2.05, 4.69) is 21.0 Å². The molecule has 0 amide bonds. The van der Waals surface area contributed by atoms with Gasteiger partial charge in [-0.25, -0.2) is 15.0 Å². The van der Waals surface area contributed by atoms with Crippen LogP contribution in [-0.2, 0) is 10.3 Å². The zero-order chi connectivity index (χ0) is 24.9. The van der Waals surface area contributed by atoms with Crippen LogP contribution in [0.1, 0.15) is 23.1 Å². The number of halogens is 2. The lowest BCUT2D eigenvalue weighted by Gasteiger charge is -2.39. The predicted molar refractivity (Wildman–Crippen MR) is 127 cm³/mol. The van der Waals surface area contributed by atoms with Crippen LogP contribution in [0.3, 0.4) is 0 Å². The van der Waals surface area contributed by atoms with Crippen LogP contribution in [0.4, 0.5) is 8.78 Å². The number of fused-ring (bicyclic) bond motifs is 4. The largest absolute Gasteiger partial charge is 0.465 e. The molecule has 0 bridgehead atoms. The van der Waals surface area contributed by atoms with E-state index in [0.717, 1.165) is 11.1 Å². The first-order chi connectivity index (χ1) is 17.5. The van der Waals surface area contributed by atoms with Gasteiger partial charge in [0.1, 0.15) is 11.3 Å². The molecule has 1 atom stereocenters. The first kappa shape index (κ1) is 21.7. The topological polar surface area (TPSA) is 106 Å². The molecule has 9 heteroatoms. The van der Waals surface area contributed by atoms with Gasteiger partial charge in [-0.15, -0.1) is 0 Å². The van der Waals surface area contributed by atoms with Crippen LogP contribution in [0.2, 0.25) is 0 Å². The van der Waals surface area contributed by atoms with Gasteiger partial charge in [-0.1, -0.05) is 18.2 Å². The second-order valence-corrected chi connectivity index (χ2v) is 8.46. The van der Waals surface area contributed by atoms with Gasteiger partial charge in [-0.3, -0.25) is 0 Å². The molecule has 2 aromatic carbocycles. The maximum Gasteiger partial charge on any atom is 0.283 e. The average molecular weight is 481 g/mol. The summed E-state index contributed by atoms with van der Waals surface area (Å²) >= 11 is 0. The summed E-state index contributed by atoms with van der Waals surface area (Å²) in [4.78, 5) is 12.3. The van der Waals surface area contributed by atoms with E-state index >= 15 is 4.39 Å². The number of hydrogen-bond donors (Lipinski definition) is 1. The molecule has 0 saturated carbocycles. The number of amidine groups is 1. The third-order valence-corrected chi connectivity index (χ3v) is 6.38. The first-order valence-electron chi connectivity index (χ1n) is 11.1. The summed E-state index contributed by atoms with van der Waals surface area (Å²) < 4.78 is 40.6. The van der Waals surface area contributed by atoms with E-state index in [0.29, 0.717) is 34.4 Å². The molecule has 6 rings (SSSR count). The van der Waals surface area contributed by atoms with E-state index in [-0.39, 0.29) is 24.1 Å². The Bertz CT molecular complexity index is 1610. The van der Waals surface area contributed by atoms with E-state index in [1.807, 2.05) is 18.2 Å². The lowest BCUT2D eigenvalue weighted by Crippen LogP contribution is -2.39. The highest BCUT2D eigenvalue weighted by atomic mass is 19.1. The van der Waals surface area contributed by atoms with Crippen molar-refractivity contribution in [3.8, 4) is 40.0 Å². The average Bonchev–Trinajstić information content (AvgIpc) is 2.89. The second kappa shape index (κ2) is 8.13. The van der Waals surface area contributed by atoms with Crippen molar-refractivity contribution >= 4 is 6.02 Å². The molecular weight excluding hydrogens is 464 g/mol. The molecule has 36 heavy (non-hydrogen) atoms. The number of nitriles is 1. The number of hydrogen-bond acceptors (Lipinski definition) is 7. The number of nitrogens with two attached hydrogens (primary N) is 1. The fraction of sp³-hybridized carbons (Fsp3) is 0.111. The molecule has 7 nitrogen and oxygen atoms in total. The van der Waals surface area contributed by atoms with Crippen LogP contribution < -0.4 is 10.5 Å². The zero-order valence-electron chi connectivity index (χ0n) is 18.7. The Morgan fingerprint density at radius 2 is 1.83 bits per heavy atom. The minimum Gasteiger partial charge on any atom is -0.465 e. The van der Waals surface area contributed by atoms with Crippen LogP contribution in [0, 0.1) is 23.2 Å². The summed E-state index contributed by atoms with van der Waals surface area (Å²) in [5.41, 5.74) is 8.72. The van der Waals surface area contributed by atoms with E-state index in [1.165, 1.54) is 12.3 Å². The SMILES string of the molecule is N#Cc1cccc(-c2ccc3c(c2)[C@]2(CCOC(N)=N2)c2cc(-c4ccnc(F)c4)nc(F)c2O3)c1. The minimum atomic E-state index is -1.13. The van der Waals surface area contributed by atoms with Crippen LogP contribution in [-0.4, -0.2) is 22.6 Å². The summed E-state index contributed by atoms with van der Waals surface area (Å²) in [5.74, 6) is -1.22. The van der Waals surface area contributed by atoms with Crippen molar-refractivity contribution in [2.45, 2.75) is 12.0 Å². The van der Waals surface area contributed by atoms with Crippen LogP contribution in [0.15, 0.2) is 71.9 Å². The quantitative estimate of drug-likeness (QED) is 0.402. The number of rotatable bonds is 2. The van der Waals surface area contributed by atoms with Crippen molar-refractivity contribution in [2.75, 3.05) is 6.61 Å². The van der Waals surface area contributed by atoms with Crippen molar-refractivity contribution in [3.05, 3.63) is 95.4 Å². The molecule has 0 aliphatic carbocycles. The molecule has 0 saturated heterocycles. The monoisotopic (exact) mass is 481 g/mol. The number of benzene rings is 2. The van der Waals surface area contributed by atoms with Gasteiger partial charge in [-0.05, 0) is 47.5 Å². The Labute approximate surface area is 204 Å². The highest BCUT2D eigenvalue weighted by Crippen LogP contribution is 2.53. The summed E-state index contributed by atoms with van der Waals surface area (Å²) in [6.07, 6.45) is 1.64. The van der Waals surface area contributed by atoms with E-state index in [9.17, 15) is 9.65 Å². The summed E-state index contributed by atoms with van der Waals surface area (Å²) in [7, 11) is 0. The Balaban J connectivity index is 1.59. The van der Waals surface area contributed by atoms with Gasteiger partial charge in [0, 0.05) is 35.4 Å². The lowest BCUT2D eigenvalue weighted by molar-refractivity contribution is 0.217. The molecular formula is C27H17F2N5O2. The van der Waals surface area contributed by atoms with Gasteiger partial charge >= 0.3 is 0 Å². The normalized spacial score (nSPS) is 17.8. The Morgan fingerprint density at radius 1 is 0.972 bits per heavy atom. The van der Waals surface area contributed by atoms with E-state index < -0.39 is 17.4 Å². The highest BCUT2D eigenvalue weighted by molar-refractivity contribution is 5.77. The highest BCUT2D eigenvalue weighted by Gasteiger charge is 2.46. The number of nitrogens with zero attached hydrogens (tertiary/aromatic N) is 4. The van der Waals surface area contributed by atoms with E-state index in [4.69, 9.17) is 15.2 Å². The number of ether oxygens (including phenoxy) is 2. The fourth-order valence-corrected chi connectivity index (χ4v) is 4.73. The fourth-order valence-electron chi connectivity index (χ4n) is 4.73. The molecule has 0 fully saturated rings. The maximum atomic E-state index is 15.4. The third-order valence-electron chi connectivity index (χ3n) is 6.38. The van der Waals surface area contributed by atoms with E-state index in [1.54, 1.807) is 36.4 Å². The summed E-state index contributed by atoms with van der Waals surface area (Å²) in [6, 6.07) is 19.2. The zero-order valence-corrected chi connectivity index (χ0v) is 18.7.